The van der Waals surface area contributed by atoms with Gasteiger partial charge in [0.1, 0.15) is 0 Å². The van der Waals surface area contributed by atoms with E-state index in [1.54, 1.807) is 11.3 Å². The summed E-state index contributed by atoms with van der Waals surface area (Å²) in [7, 11) is 0. The van der Waals surface area contributed by atoms with E-state index in [9.17, 15) is 4.79 Å². The van der Waals surface area contributed by atoms with Crippen LogP contribution in [0.15, 0.2) is 23.1 Å². The second-order valence-electron chi connectivity index (χ2n) is 10.1. The van der Waals surface area contributed by atoms with Crippen molar-refractivity contribution >= 4 is 23.2 Å². The van der Waals surface area contributed by atoms with E-state index in [0.29, 0.717) is 17.1 Å². The number of hydrogen-bond acceptors (Lipinski definition) is 2. The van der Waals surface area contributed by atoms with E-state index < -0.39 is 0 Å². The second kappa shape index (κ2) is 6.06. The number of Topliss-reactive ketones (excluding diaryl/α,β-unsaturated/α-hetero) is 1. The van der Waals surface area contributed by atoms with Crippen LogP contribution in [0.3, 0.4) is 0 Å². The third-order valence-corrected chi connectivity index (χ3v) is 9.90. The van der Waals surface area contributed by atoms with Crippen molar-refractivity contribution in [1.82, 2.24) is 0 Å². The maximum Gasteiger partial charge on any atom is 0.165 e. The van der Waals surface area contributed by atoms with Crippen LogP contribution >= 0.6 is 11.3 Å². The molecule has 1 aromatic heterocycles. The van der Waals surface area contributed by atoms with Gasteiger partial charge in [-0.1, -0.05) is 32.8 Å². The first-order valence-electron chi connectivity index (χ1n) is 10.8. The van der Waals surface area contributed by atoms with Crippen molar-refractivity contribution < 1.29 is 4.79 Å². The summed E-state index contributed by atoms with van der Waals surface area (Å²) in [5.74, 6) is 3.69. The molecule has 4 aliphatic carbocycles. The number of thiophene rings is 1. The fourth-order valence-corrected chi connectivity index (χ4v) is 8.32. The molecule has 0 unspecified atom stereocenters. The van der Waals surface area contributed by atoms with Crippen LogP contribution in [0.2, 0.25) is 0 Å². The molecule has 26 heavy (non-hydrogen) atoms. The quantitative estimate of drug-likeness (QED) is 0.501. The maximum atomic E-state index is 13.4. The first-order chi connectivity index (χ1) is 12.5. The van der Waals surface area contributed by atoms with E-state index in [1.165, 1.54) is 49.8 Å². The van der Waals surface area contributed by atoms with Crippen LogP contribution in [0.1, 0.15) is 76.5 Å². The minimum Gasteiger partial charge on any atom is -0.294 e. The fraction of sp³-hybridized carbons (Fsp3) is 0.708. The molecular weight excluding hydrogens is 336 g/mol. The molecule has 1 heterocycles. The number of hydrogen-bond donors (Lipinski definition) is 0. The van der Waals surface area contributed by atoms with Gasteiger partial charge in [-0.3, -0.25) is 4.79 Å². The molecule has 140 valence electrons. The maximum absolute atomic E-state index is 13.4. The van der Waals surface area contributed by atoms with E-state index in [0.717, 1.165) is 36.2 Å². The predicted octanol–water partition coefficient (Wildman–Crippen LogP) is 6.74. The van der Waals surface area contributed by atoms with Crippen LogP contribution in [0.25, 0.3) is 6.08 Å². The first-order valence-corrected chi connectivity index (χ1v) is 11.7. The summed E-state index contributed by atoms with van der Waals surface area (Å²) in [6.45, 7) is 4.93. The number of ketones is 1. The lowest BCUT2D eigenvalue weighted by Crippen LogP contribution is -2.52. The largest absolute Gasteiger partial charge is 0.294 e. The van der Waals surface area contributed by atoms with Crippen LogP contribution < -0.4 is 0 Å². The topological polar surface area (TPSA) is 17.1 Å². The van der Waals surface area contributed by atoms with Crippen molar-refractivity contribution in [2.45, 2.75) is 71.6 Å². The molecule has 0 amide bonds. The van der Waals surface area contributed by atoms with E-state index in [4.69, 9.17) is 0 Å². The number of allylic oxidation sites excluding steroid dienone is 1. The Bertz CT molecular complexity index is 731. The Morgan fingerprint density at radius 3 is 2.77 bits per heavy atom. The summed E-state index contributed by atoms with van der Waals surface area (Å²) >= 11 is 1.75. The molecule has 1 aromatic rings. The van der Waals surface area contributed by atoms with Crippen LogP contribution in [-0.4, -0.2) is 5.78 Å². The van der Waals surface area contributed by atoms with Crippen molar-refractivity contribution in [3.63, 3.8) is 0 Å². The predicted molar refractivity (Wildman–Crippen MR) is 109 cm³/mol. The van der Waals surface area contributed by atoms with Crippen LogP contribution in [-0.2, 0) is 4.79 Å². The van der Waals surface area contributed by atoms with Gasteiger partial charge in [-0.25, -0.2) is 0 Å². The van der Waals surface area contributed by atoms with Gasteiger partial charge in [0.05, 0.1) is 0 Å². The molecule has 2 heteroatoms. The minimum absolute atomic E-state index is 0.0812. The van der Waals surface area contributed by atoms with Gasteiger partial charge < -0.3 is 0 Å². The Balaban J connectivity index is 1.47. The lowest BCUT2D eigenvalue weighted by Gasteiger charge is -2.59. The molecule has 0 bridgehead atoms. The molecular formula is C24H32OS. The molecule has 5 rings (SSSR count). The van der Waals surface area contributed by atoms with Gasteiger partial charge in [-0.15, -0.1) is 11.3 Å². The molecule has 0 aliphatic heterocycles. The average molecular weight is 369 g/mol. The summed E-state index contributed by atoms with van der Waals surface area (Å²) in [6.07, 6.45) is 14.2. The lowest BCUT2D eigenvalue weighted by atomic mass is 9.45. The van der Waals surface area contributed by atoms with E-state index in [2.05, 4.69) is 37.4 Å². The standard InChI is InChI=1S/C24H32OS/c1-23-11-4-3-6-17(23)8-9-19-20(23)10-12-24(2)21(19)15-16(22(24)25)14-18-7-5-13-26-18/h5,7,13-14,17,19-21H,3-4,6,8-12,15H2,1-2H3/b16-14-/t17-,19+,20-,21-,23+,24+/m1/s1. The fourth-order valence-electron chi connectivity index (χ4n) is 7.64. The summed E-state index contributed by atoms with van der Waals surface area (Å²) in [5, 5.41) is 2.11. The Kier molecular flexibility index (Phi) is 4.01. The van der Waals surface area contributed by atoms with Crippen molar-refractivity contribution in [1.29, 1.82) is 0 Å². The summed E-state index contributed by atoms with van der Waals surface area (Å²) in [5.41, 5.74) is 1.60. The molecule has 0 radical (unpaired) electrons. The van der Waals surface area contributed by atoms with Gasteiger partial charge in [-0.05, 0) is 97.1 Å². The third-order valence-electron chi connectivity index (χ3n) is 9.08. The smallest absolute Gasteiger partial charge is 0.165 e. The number of carbonyl (C=O) groups excluding carboxylic acids is 1. The number of carbonyl (C=O) groups is 1. The highest BCUT2D eigenvalue weighted by Crippen LogP contribution is 2.66. The zero-order valence-corrected chi connectivity index (χ0v) is 17.1. The van der Waals surface area contributed by atoms with Gasteiger partial charge in [0.25, 0.3) is 0 Å². The van der Waals surface area contributed by atoms with Gasteiger partial charge in [-0.2, -0.15) is 0 Å². The first kappa shape index (κ1) is 17.2. The van der Waals surface area contributed by atoms with E-state index in [-0.39, 0.29) is 5.41 Å². The molecule has 4 aliphatic rings. The van der Waals surface area contributed by atoms with Gasteiger partial charge in [0.15, 0.2) is 5.78 Å². The highest BCUT2D eigenvalue weighted by Gasteiger charge is 2.60. The van der Waals surface area contributed by atoms with Crippen LogP contribution in [0, 0.1) is 34.5 Å². The Morgan fingerprint density at radius 2 is 1.96 bits per heavy atom. The molecule has 0 saturated heterocycles. The van der Waals surface area contributed by atoms with Crippen LogP contribution in [0.4, 0.5) is 0 Å². The third kappa shape index (κ3) is 2.37. The van der Waals surface area contributed by atoms with Crippen molar-refractivity contribution in [3.8, 4) is 0 Å². The van der Waals surface area contributed by atoms with Crippen molar-refractivity contribution in [2.24, 2.45) is 34.5 Å². The molecule has 4 fully saturated rings. The lowest BCUT2D eigenvalue weighted by molar-refractivity contribution is -0.137. The molecule has 1 nitrogen and oxygen atoms in total. The normalized spacial score (nSPS) is 46.7. The van der Waals surface area contributed by atoms with Gasteiger partial charge in [0.2, 0.25) is 0 Å². The highest BCUT2D eigenvalue weighted by atomic mass is 32.1. The van der Waals surface area contributed by atoms with Crippen LogP contribution in [0.5, 0.6) is 0 Å². The minimum atomic E-state index is -0.0812. The number of rotatable bonds is 1. The Morgan fingerprint density at radius 1 is 1.08 bits per heavy atom. The monoisotopic (exact) mass is 368 g/mol. The molecule has 0 N–H and O–H groups in total. The highest BCUT2D eigenvalue weighted by molar-refractivity contribution is 7.10. The number of fused-ring (bicyclic) bond motifs is 5. The van der Waals surface area contributed by atoms with Gasteiger partial charge >= 0.3 is 0 Å². The van der Waals surface area contributed by atoms with E-state index >= 15 is 0 Å². The molecule has 6 atom stereocenters. The summed E-state index contributed by atoms with van der Waals surface area (Å²) in [4.78, 5) is 14.6. The van der Waals surface area contributed by atoms with E-state index in [1.807, 2.05) is 0 Å². The average Bonchev–Trinajstić information content (AvgIpc) is 3.23. The van der Waals surface area contributed by atoms with Crippen molar-refractivity contribution in [2.75, 3.05) is 0 Å². The molecule has 0 spiro atoms. The SMILES string of the molecule is C[C@]12CCCC[C@@H]1CC[C@H]1[C@H]2CC[C@]2(C)C(=O)/C(=C\c3cccs3)C[C@H]12. The zero-order chi connectivity index (χ0) is 17.9. The summed E-state index contributed by atoms with van der Waals surface area (Å²) in [6, 6.07) is 4.23. The molecule has 4 saturated carbocycles. The zero-order valence-electron chi connectivity index (χ0n) is 16.3. The Labute approximate surface area is 162 Å². The van der Waals surface area contributed by atoms with Crippen molar-refractivity contribution in [3.05, 3.63) is 28.0 Å². The summed E-state index contributed by atoms with van der Waals surface area (Å²) < 4.78 is 0. The second-order valence-corrected chi connectivity index (χ2v) is 11.1. The van der Waals surface area contributed by atoms with Gasteiger partial charge in [0, 0.05) is 10.3 Å². The Hall–Kier alpha value is -0.890. The molecule has 0 aromatic carbocycles.